The Hall–Kier alpha value is -1.97. The van der Waals surface area contributed by atoms with Crippen molar-refractivity contribution in [2.45, 2.75) is 13.8 Å². The highest BCUT2D eigenvalue weighted by Gasteiger charge is 2.06. The molecule has 104 valence electrons. The zero-order valence-electron chi connectivity index (χ0n) is 11.8. The quantitative estimate of drug-likeness (QED) is 0.585. The molecule has 0 amide bonds. The van der Waals surface area contributed by atoms with Crippen molar-refractivity contribution in [3.05, 3.63) is 29.8 Å². The van der Waals surface area contributed by atoms with E-state index in [4.69, 9.17) is 9.47 Å². The van der Waals surface area contributed by atoms with Crippen molar-refractivity contribution in [2.24, 2.45) is 5.92 Å². The molecule has 0 aromatic heterocycles. The molecule has 1 rings (SSSR count). The number of hydrogen-bond acceptors (Lipinski definition) is 4. The first-order valence-electron chi connectivity index (χ1n) is 6.13. The molecule has 0 heterocycles. The maximum atomic E-state index is 11.0. The summed E-state index contributed by atoms with van der Waals surface area (Å²) in [6.07, 6.45) is 3.03. The Morgan fingerprint density at radius 3 is 2.58 bits per heavy atom. The monoisotopic (exact) mass is 264 g/mol. The van der Waals surface area contributed by atoms with Crippen molar-refractivity contribution in [2.75, 3.05) is 20.8 Å². The zero-order chi connectivity index (χ0) is 14.3. The minimum absolute atomic E-state index is 0.390. The number of methoxy groups -OCH3 is 2. The van der Waals surface area contributed by atoms with Crippen LogP contribution in [0.15, 0.2) is 24.3 Å². The summed E-state index contributed by atoms with van der Waals surface area (Å²) < 4.78 is 15.5. The van der Waals surface area contributed by atoms with E-state index >= 15 is 0 Å². The van der Waals surface area contributed by atoms with Gasteiger partial charge in [0.1, 0.15) is 0 Å². The van der Waals surface area contributed by atoms with Crippen LogP contribution in [0, 0.1) is 5.92 Å². The average molecular weight is 264 g/mol. The number of esters is 1. The zero-order valence-corrected chi connectivity index (χ0v) is 11.8. The van der Waals surface area contributed by atoms with E-state index in [1.165, 1.54) is 13.2 Å². The first-order chi connectivity index (χ1) is 9.06. The van der Waals surface area contributed by atoms with Crippen LogP contribution in [0.1, 0.15) is 19.4 Å². The van der Waals surface area contributed by atoms with Crippen LogP contribution >= 0.6 is 0 Å². The maximum absolute atomic E-state index is 11.0. The number of carbonyl (C=O) groups excluding carboxylic acids is 1. The van der Waals surface area contributed by atoms with Crippen LogP contribution < -0.4 is 9.47 Å². The van der Waals surface area contributed by atoms with Crippen molar-refractivity contribution in [3.8, 4) is 11.5 Å². The van der Waals surface area contributed by atoms with Gasteiger partial charge in [0.25, 0.3) is 0 Å². The summed E-state index contributed by atoms with van der Waals surface area (Å²) in [6, 6.07) is 5.50. The second-order valence-electron chi connectivity index (χ2n) is 4.47. The lowest BCUT2D eigenvalue weighted by Gasteiger charge is -2.12. The van der Waals surface area contributed by atoms with Crippen LogP contribution in [0.4, 0.5) is 0 Å². The van der Waals surface area contributed by atoms with Gasteiger partial charge in [-0.15, -0.1) is 0 Å². The molecule has 4 nitrogen and oxygen atoms in total. The van der Waals surface area contributed by atoms with Crippen LogP contribution in [0.5, 0.6) is 11.5 Å². The first kappa shape index (κ1) is 15.1. The van der Waals surface area contributed by atoms with Gasteiger partial charge in [-0.25, -0.2) is 4.79 Å². The third-order valence-electron chi connectivity index (χ3n) is 2.37. The first-order valence-corrected chi connectivity index (χ1v) is 6.13. The fourth-order valence-corrected chi connectivity index (χ4v) is 1.40. The molecule has 0 bridgehead atoms. The van der Waals surface area contributed by atoms with Crippen molar-refractivity contribution in [1.29, 1.82) is 0 Å². The molecule has 0 aliphatic heterocycles. The van der Waals surface area contributed by atoms with E-state index in [1.807, 2.05) is 18.2 Å². The van der Waals surface area contributed by atoms with Crippen LogP contribution in [0.25, 0.3) is 6.08 Å². The van der Waals surface area contributed by atoms with E-state index in [2.05, 4.69) is 18.6 Å². The van der Waals surface area contributed by atoms with E-state index in [9.17, 15) is 4.79 Å². The fraction of sp³-hybridized carbons (Fsp3) is 0.400. The molecule has 0 atom stereocenters. The van der Waals surface area contributed by atoms with Crippen molar-refractivity contribution >= 4 is 12.0 Å². The van der Waals surface area contributed by atoms with Crippen molar-refractivity contribution < 1.29 is 19.0 Å². The molecule has 0 spiro atoms. The van der Waals surface area contributed by atoms with Crippen LogP contribution in [-0.4, -0.2) is 26.8 Å². The number of hydrogen-bond donors (Lipinski definition) is 0. The Labute approximate surface area is 114 Å². The average Bonchev–Trinajstić information content (AvgIpc) is 2.42. The van der Waals surface area contributed by atoms with Gasteiger partial charge in [0, 0.05) is 6.08 Å². The van der Waals surface area contributed by atoms with E-state index in [-0.39, 0.29) is 5.97 Å². The molecule has 0 fully saturated rings. The summed E-state index contributed by atoms with van der Waals surface area (Å²) in [5.41, 5.74) is 0.846. The fourth-order valence-electron chi connectivity index (χ4n) is 1.40. The smallest absolute Gasteiger partial charge is 0.330 e. The Morgan fingerprint density at radius 2 is 2.00 bits per heavy atom. The lowest BCUT2D eigenvalue weighted by Crippen LogP contribution is -2.05. The number of ether oxygens (including phenoxy) is 3. The molecule has 0 aliphatic rings. The summed E-state index contributed by atoms with van der Waals surface area (Å²) in [6.45, 7) is 4.80. The van der Waals surface area contributed by atoms with Gasteiger partial charge in [0.15, 0.2) is 11.5 Å². The highest BCUT2D eigenvalue weighted by atomic mass is 16.5. The Bertz CT molecular complexity index is 449. The molecule has 0 unspecified atom stereocenters. The molecule has 0 saturated heterocycles. The molecule has 4 heteroatoms. The largest absolute Gasteiger partial charge is 0.493 e. The molecule has 0 N–H and O–H groups in total. The van der Waals surface area contributed by atoms with Crippen molar-refractivity contribution in [3.63, 3.8) is 0 Å². The topological polar surface area (TPSA) is 44.8 Å². The van der Waals surface area contributed by atoms with E-state index < -0.39 is 0 Å². The molecule has 19 heavy (non-hydrogen) atoms. The summed E-state index contributed by atoms with van der Waals surface area (Å²) in [5, 5.41) is 0. The normalized spacial score (nSPS) is 10.8. The predicted molar refractivity (Wildman–Crippen MR) is 74.4 cm³/mol. The molecular weight excluding hydrogens is 244 g/mol. The third kappa shape index (κ3) is 5.04. The van der Waals surface area contributed by atoms with Gasteiger partial charge < -0.3 is 14.2 Å². The number of benzene rings is 1. The molecule has 0 saturated carbocycles. The van der Waals surface area contributed by atoms with E-state index in [1.54, 1.807) is 13.2 Å². The van der Waals surface area contributed by atoms with Crippen molar-refractivity contribution in [1.82, 2.24) is 0 Å². The second kappa shape index (κ2) is 7.46. The van der Waals surface area contributed by atoms with E-state index in [0.717, 1.165) is 5.56 Å². The van der Waals surface area contributed by atoms with E-state index in [0.29, 0.717) is 24.0 Å². The number of carbonyl (C=O) groups is 1. The van der Waals surface area contributed by atoms with Gasteiger partial charge in [0.05, 0.1) is 20.8 Å². The molecule has 0 aliphatic carbocycles. The van der Waals surface area contributed by atoms with Gasteiger partial charge in [0.2, 0.25) is 0 Å². The van der Waals surface area contributed by atoms with Crippen LogP contribution in [0.2, 0.25) is 0 Å². The van der Waals surface area contributed by atoms with Gasteiger partial charge in [-0.2, -0.15) is 0 Å². The minimum Gasteiger partial charge on any atom is -0.493 e. The molecule has 1 aromatic rings. The Morgan fingerprint density at radius 1 is 1.26 bits per heavy atom. The summed E-state index contributed by atoms with van der Waals surface area (Å²) in [4.78, 5) is 11.0. The number of rotatable bonds is 6. The Balaban J connectivity index is 2.83. The third-order valence-corrected chi connectivity index (χ3v) is 2.37. The van der Waals surface area contributed by atoms with Gasteiger partial charge in [-0.3, -0.25) is 0 Å². The SMILES string of the molecule is COC(=O)C=Cc1ccc(OCC(C)C)c(OC)c1. The van der Waals surface area contributed by atoms with Gasteiger partial charge >= 0.3 is 5.97 Å². The standard InChI is InChI=1S/C15H20O4/c1-11(2)10-19-13-7-5-12(9-14(13)17-3)6-8-15(16)18-4/h5-9,11H,10H2,1-4H3. The molecule has 1 aromatic carbocycles. The van der Waals surface area contributed by atoms with Gasteiger partial charge in [-0.1, -0.05) is 19.9 Å². The predicted octanol–water partition coefficient (Wildman–Crippen LogP) is 2.92. The highest BCUT2D eigenvalue weighted by Crippen LogP contribution is 2.28. The molecular formula is C15H20O4. The van der Waals surface area contributed by atoms with Crippen LogP contribution in [0.3, 0.4) is 0 Å². The second-order valence-corrected chi connectivity index (χ2v) is 4.47. The molecule has 0 radical (unpaired) electrons. The summed E-state index contributed by atoms with van der Waals surface area (Å²) >= 11 is 0. The lowest BCUT2D eigenvalue weighted by atomic mass is 10.2. The Kier molecular flexibility index (Phi) is 5.93. The summed E-state index contributed by atoms with van der Waals surface area (Å²) in [5.74, 6) is 1.40. The minimum atomic E-state index is -0.390. The highest BCUT2D eigenvalue weighted by molar-refractivity contribution is 5.87. The van der Waals surface area contributed by atoms with Gasteiger partial charge in [-0.05, 0) is 29.7 Å². The summed E-state index contributed by atoms with van der Waals surface area (Å²) in [7, 11) is 2.93. The lowest BCUT2D eigenvalue weighted by molar-refractivity contribution is -0.134. The maximum Gasteiger partial charge on any atom is 0.330 e. The van der Waals surface area contributed by atoms with Crippen LogP contribution in [-0.2, 0) is 9.53 Å².